The van der Waals surface area contributed by atoms with E-state index in [9.17, 15) is 14.4 Å². The van der Waals surface area contributed by atoms with Crippen molar-refractivity contribution >= 4 is 18.5 Å². The van der Waals surface area contributed by atoms with E-state index in [2.05, 4.69) is 12.0 Å². The van der Waals surface area contributed by atoms with Crippen molar-refractivity contribution in [1.82, 2.24) is 10.4 Å². The lowest BCUT2D eigenvalue weighted by Crippen LogP contribution is -2.43. The summed E-state index contributed by atoms with van der Waals surface area (Å²) in [7, 11) is 0. The fourth-order valence-electron chi connectivity index (χ4n) is 0.844. The molecule has 0 aliphatic heterocycles. The summed E-state index contributed by atoms with van der Waals surface area (Å²) in [6.45, 7) is 3.83. The summed E-state index contributed by atoms with van der Waals surface area (Å²) < 4.78 is 0. The minimum Gasteiger partial charge on any atom is -0.303 e. The van der Waals surface area contributed by atoms with Crippen molar-refractivity contribution in [1.29, 1.82) is 0 Å². The zero-order valence-corrected chi connectivity index (χ0v) is 7.94. The van der Waals surface area contributed by atoms with Gasteiger partial charge in [-0.3, -0.25) is 10.2 Å². The fraction of sp³-hybridized carbons (Fsp3) is 0.444. The molecule has 0 rings (SSSR count). The summed E-state index contributed by atoms with van der Waals surface area (Å²) in [5, 5.41) is 1.40. The van der Waals surface area contributed by atoms with E-state index >= 15 is 0 Å². The second-order valence-electron chi connectivity index (χ2n) is 2.60. The second kappa shape index (κ2) is 8.12. The minimum absolute atomic E-state index is 0.0801. The Bertz CT molecular complexity index is 216. The van der Waals surface area contributed by atoms with Gasteiger partial charge in [0.2, 0.25) is 5.91 Å². The van der Waals surface area contributed by atoms with E-state index in [4.69, 9.17) is 0 Å². The molecule has 78 valence electrons. The third kappa shape index (κ3) is 6.07. The summed E-state index contributed by atoms with van der Waals surface area (Å²) in [4.78, 5) is 31.4. The third-order valence-electron chi connectivity index (χ3n) is 1.42. The van der Waals surface area contributed by atoms with E-state index in [-0.39, 0.29) is 25.3 Å². The molecule has 1 N–H and O–H groups in total. The van der Waals surface area contributed by atoms with E-state index in [1.807, 2.05) is 0 Å². The molecule has 5 nitrogen and oxygen atoms in total. The van der Waals surface area contributed by atoms with Crippen molar-refractivity contribution in [3.05, 3.63) is 12.7 Å². The normalized spacial score (nSPS) is 9.50. The Balaban J connectivity index is 3.92. The fourth-order valence-corrected chi connectivity index (χ4v) is 0.844. The molecule has 0 bridgehead atoms. The number of hydrogen-bond donors (Lipinski definition) is 1. The van der Waals surface area contributed by atoms with Crippen molar-refractivity contribution in [3.63, 3.8) is 0 Å². The Labute approximate surface area is 82.7 Å². The monoisotopic (exact) mass is 198 g/mol. The number of carbonyl (C=O) groups is 3. The highest BCUT2D eigenvalue weighted by molar-refractivity contribution is 5.77. The largest absolute Gasteiger partial charge is 0.303 e. The third-order valence-corrected chi connectivity index (χ3v) is 1.42. The van der Waals surface area contributed by atoms with Crippen LogP contribution in [0, 0.1) is 0 Å². The van der Waals surface area contributed by atoms with Crippen LogP contribution in [0.5, 0.6) is 0 Å². The molecule has 0 atom stereocenters. The van der Waals surface area contributed by atoms with Crippen LogP contribution in [-0.4, -0.2) is 36.6 Å². The molecule has 0 unspecified atom stereocenters. The standard InChI is InChI=1S/C9H14N2O3/c1-2-4-9(14)10-11(6-8-13)5-3-7-12/h2,7-8H,1,3-6H2,(H,10,14). The van der Waals surface area contributed by atoms with Crippen LogP contribution in [0.4, 0.5) is 0 Å². The predicted octanol–water partition coefficient (Wildman–Crippen LogP) is -0.316. The van der Waals surface area contributed by atoms with Gasteiger partial charge in [-0.25, -0.2) is 5.01 Å². The SMILES string of the molecule is C=CCC(=O)NN(CC=O)CCC=O. The molecule has 5 heteroatoms. The molecule has 0 aliphatic carbocycles. The molecule has 0 spiro atoms. The molecule has 1 amide bonds. The van der Waals surface area contributed by atoms with Gasteiger partial charge in [0.25, 0.3) is 0 Å². The van der Waals surface area contributed by atoms with Crippen LogP contribution in [0.25, 0.3) is 0 Å². The molecule has 0 aromatic heterocycles. The number of hydrazine groups is 1. The average molecular weight is 198 g/mol. The lowest BCUT2D eigenvalue weighted by atomic mass is 10.4. The first kappa shape index (κ1) is 12.5. The molecule has 0 saturated heterocycles. The summed E-state index contributed by atoms with van der Waals surface area (Å²) in [6.07, 6.45) is 3.34. The Kier molecular flexibility index (Phi) is 7.26. The first-order chi connectivity index (χ1) is 6.74. The maximum absolute atomic E-state index is 11.1. The van der Waals surface area contributed by atoms with Crippen LogP contribution in [0.1, 0.15) is 12.8 Å². The van der Waals surface area contributed by atoms with E-state index in [1.165, 1.54) is 11.1 Å². The van der Waals surface area contributed by atoms with Gasteiger partial charge < -0.3 is 9.59 Å². The quantitative estimate of drug-likeness (QED) is 0.330. The van der Waals surface area contributed by atoms with Crippen molar-refractivity contribution in [2.45, 2.75) is 12.8 Å². The Hall–Kier alpha value is -1.49. The molecule has 14 heavy (non-hydrogen) atoms. The van der Waals surface area contributed by atoms with Crippen LogP contribution in [0.15, 0.2) is 12.7 Å². The molecule has 0 aliphatic rings. The van der Waals surface area contributed by atoms with Crippen LogP contribution in [0.3, 0.4) is 0 Å². The summed E-state index contributed by atoms with van der Waals surface area (Å²) in [5.41, 5.74) is 2.49. The number of rotatable bonds is 8. The molecule has 0 saturated carbocycles. The van der Waals surface area contributed by atoms with Gasteiger partial charge in [-0.1, -0.05) is 6.08 Å². The van der Waals surface area contributed by atoms with E-state index in [0.717, 1.165) is 6.29 Å². The van der Waals surface area contributed by atoms with Crippen molar-refractivity contribution in [3.8, 4) is 0 Å². The van der Waals surface area contributed by atoms with Crippen molar-refractivity contribution in [2.24, 2.45) is 0 Å². The summed E-state index contributed by atoms with van der Waals surface area (Å²) >= 11 is 0. The van der Waals surface area contributed by atoms with Gasteiger partial charge in [-0.2, -0.15) is 0 Å². The highest BCUT2D eigenvalue weighted by atomic mass is 16.2. The number of nitrogens with one attached hydrogen (secondary N) is 1. The van der Waals surface area contributed by atoms with Gasteiger partial charge in [0.1, 0.15) is 12.6 Å². The smallest absolute Gasteiger partial charge is 0.238 e. The van der Waals surface area contributed by atoms with Gasteiger partial charge in [0.15, 0.2) is 0 Å². The highest BCUT2D eigenvalue weighted by Crippen LogP contribution is 1.86. The molecule has 0 fully saturated rings. The zero-order valence-electron chi connectivity index (χ0n) is 7.94. The number of amides is 1. The van der Waals surface area contributed by atoms with Crippen LogP contribution in [-0.2, 0) is 14.4 Å². The van der Waals surface area contributed by atoms with Gasteiger partial charge in [-0.05, 0) is 0 Å². The van der Waals surface area contributed by atoms with Crippen molar-refractivity contribution in [2.75, 3.05) is 13.1 Å². The van der Waals surface area contributed by atoms with E-state index in [0.29, 0.717) is 12.8 Å². The Morgan fingerprint density at radius 3 is 2.57 bits per heavy atom. The summed E-state index contributed by atoms with van der Waals surface area (Å²) in [6, 6.07) is 0. The number of nitrogens with zero attached hydrogens (tertiary/aromatic N) is 1. The lowest BCUT2D eigenvalue weighted by Gasteiger charge is -2.18. The summed E-state index contributed by atoms with van der Waals surface area (Å²) in [5.74, 6) is -0.243. The zero-order chi connectivity index (χ0) is 10.8. The van der Waals surface area contributed by atoms with Gasteiger partial charge in [0, 0.05) is 19.4 Å². The minimum atomic E-state index is -0.243. The number of hydrogen-bond acceptors (Lipinski definition) is 4. The van der Waals surface area contributed by atoms with Crippen molar-refractivity contribution < 1.29 is 14.4 Å². The molecular weight excluding hydrogens is 184 g/mol. The molecule has 0 heterocycles. The number of aldehydes is 2. The second-order valence-corrected chi connectivity index (χ2v) is 2.60. The van der Waals surface area contributed by atoms with Crippen LogP contribution in [0.2, 0.25) is 0 Å². The average Bonchev–Trinajstić information content (AvgIpc) is 2.15. The molecule has 0 aromatic rings. The Morgan fingerprint density at radius 1 is 1.36 bits per heavy atom. The molecule has 0 radical (unpaired) electrons. The van der Waals surface area contributed by atoms with Gasteiger partial charge >= 0.3 is 0 Å². The van der Waals surface area contributed by atoms with E-state index < -0.39 is 0 Å². The molecular formula is C9H14N2O3. The maximum Gasteiger partial charge on any atom is 0.238 e. The first-order valence-corrected chi connectivity index (χ1v) is 4.27. The lowest BCUT2D eigenvalue weighted by molar-refractivity contribution is -0.126. The Morgan fingerprint density at radius 2 is 2.07 bits per heavy atom. The maximum atomic E-state index is 11.1. The van der Waals surface area contributed by atoms with Gasteiger partial charge in [-0.15, -0.1) is 6.58 Å². The number of carbonyl (C=O) groups excluding carboxylic acids is 3. The van der Waals surface area contributed by atoms with E-state index in [1.54, 1.807) is 0 Å². The van der Waals surface area contributed by atoms with Crippen LogP contribution < -0.4 is 5.43 Å². The topological polar surface area (TPSA) is 66.5 Å². The van der Waals surface area contributed by atoms with Crippen LogP contribution >= 0.6 is 0 Å². The van der Waals surface area contributed by atoms with Gasteiger partial charge in [0.05, 0.1) is 6.54 Å². The highest BCUT2D eigenvalue weighted by Gasteiger charge is 2.06. The predicted molar refractivity (Wildman–Crippen MR) is 51.3 cm³/mol. The molecule has 0 aromatic carbocycles. The first-order valence-electron chi connectivity index (χ1n) is 4.27.